The second-order valence-corrected chi connectivity index (χ2v) is 4.32. The van der Waals surface area contributed by atoms with Gasteiger partial charge in [0.25, 0.3) is 5.69 Å². The Bertz CT molecular complexity index is 619. The topological polar surface area (TPSA) is 110 Å². The molecule has 1 saturated carbocycles. The normalized spacial score (nSPS) is 20.3. The molecule has 1 aliphatic carbocycles. The SMILES string of the molecule is O=C(O)C1CC1C(=O)Nc1c(F)cc(F)cc1[N+](=O)[O-]. The summed E-state index contributed by atoms with van der Waals surface area (Å²) >= 11 is 0. The first kappa shape index (κ1) is 13.8. The van der Waals surface area contributed by atoms with Crippen molar-refractivity contribution in [1.82, 2.24) is 0 Å². The van der Waals surface area contributed by atoms with Crippen LogP contribution in [0.3, 0.4) is 0 Å². The van der Waals surface area contributed by atoms with E-state index in [2.05, 4.69) is 0 Å². The molecular weight excluding hydrogens is 278 g/mol. The first-order valence-corrected chi connectivity index (χ1v) is 5.48. The lowest BCUT2D eigenvalue weighted by Gasteiger charge is -2.06. The lowest BCUT2D eigenvalue weighted by atomic mass is 10.2. The van der Waals surface area contributed by atoms with E-state index in [0.717, 1.165) is 0 Å². The van der Waals surface area contributed by atoms with Crippen LogP contribution in [0.4, 0.5) is 20.2 Å². The molecule has 0 aliphatic heterocycles. The van der Waals surface area contributed by atoms with Crippen LogP contribution in [0.15, 0.2) is 12.1 Å². The van der Waals surface area contributed by atoms with Crippen LogP contribution < -0.4 is 5.32 Å². The number of anilines is 1. The number of hydrogen-bond donors (Lipinski definition) is 2. The number of aliphatic carboxylic acids is 1. The highest BCUT2D eigenvalue weighted by Gasteiger charge is 2.48. The molecule has 2 N–H and O–H groups in total. The van der Waals surface area contributed by atoms with E-state index in [1.807, 2.05) is 5.32 Å². The van der Waals surface area contributed by atoms with Crippen LogP contribution in [0.25, 0.3) is 0 Å². The van der Waals surface area contributed by atoms with Crippen LogP contribution in [-0.4, -0.2) is 21.9 Å². The summed E-state index contributed by atoms with van der Waals surface area (Å²) < 4.78 is 26.4. The monoisotopic (exact) mass is 286 g/mol. The fourth-order valence-electron chi connectivity index (χ4n) is 1.80. The van der Waals surface area contributed by atoms with Gasteiger partial charge >= 0.3 is 5.97 Å². The van der Waals surface area contributed by atoms with Crippen molar-refractivity contribution >= 4 is 23.3 Å². The van der Waals surface area contributed by atoms with E-state index in [4.69, 9.17) is 5.11 Å². The van der Waals surface area contributed by atoms with Gasteiger partial charge in [-0.05, 0) is 6.42 Å². The first-order valence-electron chi connectivity index (χ1n) is 5.48. The highest BCUT2D eigenvalue weighted by Crippen LogP contribution is 2.40. The number of amides is 1. The Kier molecular flexibility index (Phi) is 3.35. The lowest BCUT2D eigenvalue weighted by Crippen LogP contribution is -2.18. The van der Waals surface area contributed by atoms with Crippen LogP contribution in [-0.2, 0) is 9.59 Å². The maximum absolute atomic E-state index is 13.5. The summed E-state index contributed by atoms with van der Waals surface area (Å²) in [6, 6.07) is 0.866. The highest BCUT2D eigenvalue weighted by atomic mass is 19.1. The zero-order valence-electron chi connectivity index (χ0n) is 9.80. The van der Waals surface area contributed by atoms with Crippen molar-refractivity contribution in [2.75, 3.05) is 5.32 Å². The second-order valence-electron chi connectivity index (χ2n) is 4.32. The van der Waals surface area contributed by atoms with Gasteiger partial charge in [0.05, 0.1) is 22.8 Å². The van der Waals surface area contributed by atoms with Crippen LogP contribution in [0, 0.1) is 33.6 Å². The number of carboxylic acids is 1. The third kappa shape index (κ3) is 2.56. The number of carbonyl (C=O) groups excluding carboxylic acids is 1. The summed E-state index contributed by atoms with van der Waals surface area (Å²) in [5.74, 6) is -6.20. The molecule has 0 bridgehead atoms. The number of rotatable bonds is 4. The summed E-state index contributed by atoms with van der Waals surface area (Å²) in [5, 5.41) is 21.3. The molecule has 1 fully saturated rings. The molecular formula is C11H8F2N2O5. The first-order chi connectivity index (χ1) is 9.31. The summed E-state index contributed by atoms with van der Waals surface area (Å²) in [6.07, 6.45) is 0.0811. The van der Waals surface area contributed by atoms with Gasteiger partial charge in [-0.15, -0.1) is 0 Å². The number of carboxylic acid groups (broad SMARTS) is 1. The molecule has 106 valence electrons. The Morgan fingerprint density at radius 2 is 2.00 bits per heavy atom. The number of halogens is 2. The van der Waals surface area contributed by atoms with Gasteiger partial charge in [0.2, 0.25) is 5.91 Å². The van der Waals surface area contributed by atoms with Crippen molar-refractivity contribution in [3.8, 4) is 0 Å². The number of carbonyl (C=O) groups is 2. The van der Waals surface area contributed by atoms with E-state index in [0.29, 0.717) is 12.1 Å². The molecule has 0 radical (unpaired) electrons. The number of nitrogens with zero attached hydrogens (tertiary/aromatic N) is 1. The molecule has 7 nitrogen and oxygen atoms in total. The molecule has 1 aliphatic rings. The number of hydrogen-bond acceptors (Lipinski definition) is 4. The Hall–Kier alpha value is -2.58. The molecule has 2 rings (SSSR count). The molecule has 2 unspecified atom stereocenters. The van der Waals surface area contributed by atoms with Crippen LogP contribution in [0.2, 0.25) is 0 Å². The average molecular weight is 286 g/mol. The van der Waals surface area contributed by atoms with Crippen LogP contribution in [0.1, 0.15) is 6.42 Å². The quantitative estimate of drug-likeness (QED) is 0.644. The van der Waals surface area contributed by atoms with Gasteiger partial charge in [-0.25, -0.2) is 8.78 Å². The van der Waals surface area contributed by atoms with Crippen molar-refractivity contribution < 1.29 is 28.4 Å². The van der Waals surface area contributed by atoms with E-state index >= 15 is 0 Å². The van der Waals surface area contributed by atoms with Crippen molar-refractivity contribution in [2.24, 2.45) is 11.8 Å². The van der Waals surface area contributed by atoms with E-state index < -0.39 is 51.6 Å². The summed E-state index contributed by atoms with van der Waals surface area (Å²) in [4.78, 5) is 31.9. The number of nitro benzene ring substituents is 1. The molecule has 0 aromatic heterocycles. The van der Waals surface area contributed by atoms with E-state index in [-0.39, 0.29) is 6.42 Å². The number of nitro groups is 1. The number of nitrogens with one attached hydrogen (secondary N) is 1. The molecule has 1 aromatic rings. The molecule has 0 saturated heterocycles. The van der Waals surface area contributed by atoms with Gasteiger partial charge in [-0.3, -0.25) is 19.7 Å². The summed E-state index contributed by atoms with van der Waals surface area (Å²) in [5.41, 5.74) is -1.69. The maximum atomic E-state index is 13.5. The summed E-state index contributed by atoms with van der Waals surface area (Å²) in [6.45, 7) is 0. The fourth-order valence-corrected chi connectivity index (χ4v) is 1.80. The smallest absolute Gasteiger partial charge is 0.307 e. The predicted octanol–water partition coefficient (Wildman–Crippen LogP) is 1.53. The minimum absolute atomic E-state index is 0.0811. The van der Waals surface area contributed by atoms with Gasteiger partial charge in [0.1, 0.15) is 5.82 Å². The molecule has 0 spiro atoms. The molecule has 1 aromatic carbocycles. The average Bonchev–Trinajstić information content (AvgIpc) is 3.11. The Morgan fingerprint density at radius 3 is 2.50 bits per heavy atom. The Balaban J connectivity index is 2.24. The predicted molar refractivity (Wildman–Crippen MR) is 60.9 cm³/mol. The number of benzene rings is 1. The standard InChI is InChI=1S/C11H8F2N2O5/c12-4-1-7(13)9(8(2-4)15(19)20)14-10(16)5-3-6(5)11(17)18/h1-2,5-6H,3H2,(H,14,16)(H,17,18). The molecule has 9 heteroatoms. The molecule has 1 amide bonds. The van der Waals surface area contributed by atoms with Crippen molar-refractivity contribution in [3.63, 3.8) is 0 Å². The van der Waals surface area contributed by atoms with Gasteiger partial charge in [-0.1, -0.05) is 0 Å². The zero-order chi connectivity index (χ0) is 15.0. The molecule has 20 heavy (non-hydrogen) atoms. The van der Waals surface area contributed by atoms with E-state index in [9.17, 15) is 28.5 Å². The van der Waals surface area contributed by atoms with Crippen molar-refractivity contribution in [2.45, 2.75) is 6.42 Å². The second kappa shape index (κ2) is 4.83. The highest BCUT2D eigenvalue weighted by molar-refractivity contribution is 5.99. The van der Waals surface area contributed by atoms with Crippen molar-refractivity contribution in [1.29, 1.82) is 0 Å². The third-order valence-corrected chi connectivity index (χ3v) is 2.92. The largest absolute Gasteiger partial charge is 0.481 e. The zero-order valence-corrected chi connectivity index (χ0v) is 9.80. The van der Waals surface area contributed by atoms with Gasteiger partial charge in [-0.2, -0.15) is 0 Å². The van der Waals surface area contributed by atoms with Crippen molar-refractivity contribution in [3.05, 3.63) is 33.9 Å². The fraction of sp³-hybridized carbons (Fsp3) is 0.273. The van der Waals surface area contributed by atoms with E-state index in [1.54, 1.807) is 0 Å². The maximum Gasteiger partial charge on any atom is 0.307 e. The minimum atomic E-state index is -1.29. The van der Waals surface area contributed by atoms with E-state index in [1.165, 1.54) is 0 Å². The van der Waals surface area contributed by atoms with Crippen LogP contribution >= 0.6 is 0 Å². The molecule has 2 atom stereocenters. The van der Waals surface area contributed by atoms with Gasteiger partial charge in [0, 0.05) is 6.07 Å². The summed E-state index contributed by atoms with van der Waals surface area (Å²) in [7, 11) is 0. The van der Waals surface area contributed by atoms with Crippen LogP contribution in [0.5, 0.6) is 0 Å². The Labute approximate surface area is 110 Å². The lowest BCUT2D eigenvalue weighted by molar-refractivity contribution is -0.384. The third-order valence-electron chi connectivity index (χ3n) is 2.92. The van der Waals surface area contributed by atoms with Gasteiger partial charge < -0.3 is 10.4 Å². The minimum Gasteiger partial charge on any atom is -0.481 e. The molecule has 0 heterocycles. The Morgan fingerprint density at radius 1 is 1.35 bits per heavy atom. The van der Waals surface area contributed by atoms with Gasteiger partial charge in [0.15, 0.2) is 11.5 Å².